The van der Waals surface area contributed by atoms with Crippen molar-refractivity contribution < 1.29 is 9.90 Å². The van der Waals surface area contributed by atoms with Crippen LogP contribution in [0.15, 0.2) is 24.5 Å². The molecular formula is C20H26N6O2. The van der Waals surface area contributed by atoms with Crippen LogP contribution >= 0.6 is 0 Å². The number of anilines is 1. The number of rotatable bonds is 4. The summed E-state index contributed by atoms with van der Waals surface area (Å²) in [7, 11) is 0. The molecule has 2 heterocycles. The van der Waals surface area contributed by atoms with Crippen LogP contribution in [0.25, 0.3) is 11.0 Å². The molecule has 1 aromatic heterocycles. The van der Waals surface area contributed by atoms with E-state index in [1.165, 1.54) is 13.8 Å². The molecular weight excluding hydrogens is 356 g/mol. The lowest BCUT2D eigenvalue weighted by atomic mass is 9.93. The van der Waals surface area contributed by atoms with Crippen molar-refractivity contribution in [1.82, 2.24) is 15.3 Å². The first-order valence-corrected chi connectivity index (χ1v) is 9.37. The minimum atomic E-state index is -1.29. The molecule has 4 N–H and O–H groups in total. The van der Waals surface area contributed by atoms with Gasteiger partial charge in [-0.1, -0.05) is 6.92 Å². The third-order valence-corrected chi connectivity index (χ3v) is 5.11. The normalized spacial score (nSPS) is 21.2. The number of aliphatic hydroxyl groups is 1. The standard InChI is InChI=1S/C20H26N6O2/c1-12-8-14(25-19(27)18(22)20(2,3)28)11-26(10-12)15-5-4-13(9-21)16-17(15)24-7-6-23-16/h4-7,12,14,18,28H,8,10-11,22H2,1-3H3,(H,25,27)/t12-,14+,18?/m0/s1. The topological polar surface area (TPSA) is 128 Å². The highest BCUT2D eigenvalue weighted by molar-refractivity contribution is 5.92. The van der Waals surface area contributed by atoms with E-state index in [9.17, 15) is 15.2 Å². The van der Waals surface area contributed by atoms with Crippen LogP contribution in [0.2, 0.25) is 0 Å². The van der Waals surface area contributed by atoms with E-state index in [-0.39, 0.29) is 11.9 Å². The second-order valence-corrected chi connectivity index (χ2v) is 8.08. The summed E-state index contributed by atoms with van der Waals surface area (Å²) in [6.07, 6.45) is 4.01. The molecule has 1 aliphatic rings. The third-order valence-electron chi connectivity index (χ3n) is 5.11. The second kappa shape index (κ2) is 7.70. The molecule has 1 amide bonds. The molecule has 0 radical (unpaired) electrons. The fraction of sp³-hybridized carbons (Fsp3) is 0.500. The van der Waals surface area contributed by atoms with E-state index in [0.717, 1.165) is 18.7 Å². The van der Waals surface area contributed by atoms with E-state index in [0.29, 0.717) is 29.1 Å². The molecule has 0 bridgehead atoms. The Morgan fingerprint density at radius 2 is 2.04 bits per heavy atom. The highest BCUT2D eigenvalue weighted by Crippen LogP contribution is 2.30. The molecule has 3 atom stereocenters. The molecule has 0 aliphatic carbocycles. The molecule has 0 spiro atoms. The van der Waals surface area contributed by atoms with Crippen LogP contribution in [0.3, 0.4) is 0 Å². The van der Waals surface area contributed by atoms with Gasteiger partial charge in [-0.25, -0.2) is 0 Å². The predicted molar refractivity (Wildman–Crippen MR) is 106 cm³/mol. The molecule has 8 heteroatoms. The molecule has 1 aliphatic heterocycles. The Morgan fingerprint density at radius 1 is 1.36 bits per heavy atom. The molecule has 8 nitrogen and oxygen atoms in total. The molecule has 3 rings (SSSR count). The van der Waals surface area contributed by atoms with Crippen LogP contribution in [-0.2, 0) is 4.79 Å². The van der Waals surface area contributed by atoms with Gasteiger partial charge in [-0.3, -0.25) is 14.8 Å². The third kappa shape index (κ3) is 4.06. The summed E-state index contributed by atoms with van der Waals surface area (Å²) in [5.41, 5.74) is 7.21. The lowest BCUT2D eigenvalue weighted by Gasteiger charge is -2.39. The van der Waals surface area contributed by atoms with Crippen molar-refractivity contribution in [2.75, 3.05) is 18.0 Å². The number of nitrogens with zero attached hydrogens (tertiary/aromatic N) is 4. The average molecular weight is 382 g/mol. The quantitative estimate of drug-likeness (QED) is 0.717. The number of hydrogen-bond donors (Lipinski definition) is 3. The first-order valence-electron chi connectivity index (χ1n) is 9.37. The lowest BCUT2D eigenvalue weighted by molar-refractivity contribution is -0.128. The number of nitrogens with one attached hydrogen (secondary N) is 1. The molecule has 1 saturated heterocycles. The zero-order valence-corrected chi connectivity index (χ0v) is 16.4. The van der Waals surface area contributed by atoms with Crippen LogP contribution in [0, 0.1) is 17.2 Å². The molecule has 1 fully saturated rings. The Balaban J connectivity index is 1.85. The fourth-order valence-corrected chi connectivity index (χ4v) is 3.65. The highest BCUT2D eigenvalue weighted by atomic mass is 16.3. The minimum Gasteiger partial charge on any atom is -0.388 e. The molecule has 148 valence electrons. The Hall–Kier alpha value is -2.76. The van der Waals surface area contributed by atoms with Crippen molar-refractivity contribution in [3.63, 3.8) is 0 Å². The van der Waals surface area contributed by atoms with Crippen LogP contribution < -0.4 is 16.0 Å². The molecule has 1 unspecified atom stereocenters. The van der Waals surface area contributed by atoms with Crippen LogP contribution in [0.5, 0.6) is 0 Å². The van der Waals surface area contributed by atoms with Gasteiger partial charge in [-0.05, 0) is 38.3 Å². The van der Waals surface area contributed by atoms with E-state index < -0.39 is 11.6 Å². The summed E-state index contributed by atoms with van der Waals surface area (Å²) >= 11 is 0. The largest absolute Gasteiger partial charge is 0.388 e. The van der Waals surface area contributed by atoms with Crippen molar-refractivity contribution in [2.45, 2.75) is 44.9 Å². The number of piperidine rings is 1. The maximum absolute atomic E-state index is 12.4. The molecule has 0 saturated carbocycles. The average Bonchev–Trinajstić information content (AvgIpc) is 2.65. The van der Waals surface area contributed by atoms with Gasteiger partial charge in [0.25, 0.3) is 0 Å². The smallest absolute Gasteiger partial charge is 0.240 e. The highest BCUT2D eigenvalue weighted by Gasteiger charge is 2.33. The number of nitrogens with two attached hydrogens (primary N) is 1. The number of hydrogen-bond acceptors (Lipinski definition) is 7. The molecule has 28 heavy (non-hydrogen) atoms. The van der Waals surface area contributed by atoms with Gasteiger partial charge in [0.15, 0.2) is 0 Å². The Morgan fingerprint density at radius 3 is 2.68 bits per heavy atom. The SMILES string of the molecule is C[C@H]1C[C@@H](NC(=O)C(N)C(C)(C)O)CN(c2ccc(C#N)c3nccnc23)C1. The summed E-state index contributed by atoms with van der Waals surface area (Å²) in [6, 6.07) is 4.69. The van der Waals surface area contributed by atoms with E-state index in [1.807, 2.05) is 6.07 Å². The summed E-state index contributed by atoms with van der Waals surface area (Å²) in [5.74, 6) is -0.0317. The van der Waals surface area contributed by atoms with E-state index in [4.69, 9.17) is 5.73 Å². The lowest BCUT2D eigenvalue weighted by Crippen LogP contribution is -2.58. The zero-order valence-electron chi connectivity index (χ0n) is 16.4. The molecule has 2 aromatic rings. The summed E-state index contributed by atoms with van der Waals surface area (Å²) in [5, 5.41) is 22.3. The predicted octanol–water partition coefficient (Wildman–Crippen LogP) is 0.931. The van der Waals surface area contributed by atoms with Gasteiger partial charge < -0.3 is 21.1 Å². The summed E-state index contributed by atoms with van der Waals surface area (Å²) in [6.45, 7) is 6.57. The van der Waals surface area contributed by atoms with Crippen molar-refractivity contribution in [2.24, 2.45) is 11.7 Å². The minimum absolute atomic E-state index is 0.105. The summed E-state index contributed by atoms with van der Waals surface area (Å²) < 4.78 is 0. The van der Waals surface area contributed by atoms with Gasteiger partial charge in [0, 0.05) is 31.5 Å². The maximum Gasteiger partial charge on any atom is 0.240 e. The van der Waals surface area contributed by atoms with Crippen molar-refractivity contribution in [3.8, 4) is 6.07 Å². The van der Waals surface area contributed by atoms with E-state index in [1.54, 1.807) is 18.5 Å². The number of carbonyl (C=O) groups excluding carboxylic acids is 1. The van der Waals surface area contributed by atoms with Crippen molar-refractivity contribution >= 4 is 22.6 Å². The Labute approximate surface area is 164 Å². The zero-order chi connectivity index (χ0) is 20.5. The van der Waals surface area contributed by atoms with Crippen molar-refractivity contribution in [1.29, 1.82) is 5.26 Å². The van der Waals surface area contributed by atoms with Crippen LogP contribution in [0.1, 0.15) is 32.8 Å². The number of amides is 1. The van der Waals surface area contributed by atoms with Crippen LogP contribution in [-0.4, -0.2) is 51.8 Å². The van der Waals surface area contributed by atoms with Gasteiger partial charge in [-0.2, -0.15) is 5.26 Å². The maximum atomic E-state index is 12.4. The van der Waals surface area contributed by atoms with Gasteiger partial charge in [0.05, 0.1) is 16.9 Å². The summed E-state index contributed by atoms with van der Waals surface area (Å²) in [4.78, 5) is 23.3. The van der Waals surface area contributed by atoms with E-state index >= 15 is 0 Å². The first kappa shape index (κ1) is 20.0. The number of benzene rings is 1. The monoisotopic (exact) mass is 382 g/mol. The first-order chi connectivity index (χ1) is 13.2. The Kier molecular flexibility index (Phi) is 5.49. The number of carbonyl (C=O) groups is 1. The van der Waals surface area contributed by atoms with E-state index in [2.05, 4.69) is 33.2 Å². The van der Waals surface area contributed by atoms with Crippen LogP contribution in [0.4, 0.5) is 5.69 Å². The van der Waals surface area contributed by atoms with Gasteiger partial charge >= 0.3 is 0 Å². The fourth-order valence-electron chi connectivity index (χ4n) is 3.65. The van der Waals surface area contributed by atoms with Gasteiger partial charge in [-0.15, -0.1) is 0 Å². The Bertz CT molecular complexity index is 917. The van der Waals surface area contributed by atoms with Gasteiger partial charge in [0.2, 0.25) is 5.91 Å². The van der Waals surface area contributed by atoms with Crippen molar-refractivity contribution in [3.05, 3.63) is 30.1 Å². The van der Waals surface area contributed by atoms with Gasteiger partial charge in [0.1, 0.15) is 23.1 Å². The molecule has 1 aromatic carbocycles. The number of nitriles is 1. The number of aromatic nitrogens is 2. The second-order valence-electron chi connectivity index (χ2n) is 8.08. The number of fused-ring (bicyclic) bond motifs is 1.